The number of pyridine rings is 1. The highest BCUT2D eigenvalue weighted by atomic mass is 16.1. The van der Waals surface area contributed by atoms with Crippen molar-refractivity contribution >= 4 is 5.91 Å². The largest absolute Gasteiger partial charge is 0.339 e. The van der Waals surface area contributed by atoms with Gasteiger partial charge in [0.25, 0.3) is 5.91 Å². The molecule has 0 aromatic carbocycles. The van der Waals surface area contributed by atoms with Crippen molar-refractivity contribution in [1.82, 2.24) is 25.5 Å². The van der Waals surface area contributed by atoms with Gasteiger partial charge in [-0.3, -0.25) is 14.9 Å². The van der Waals surface area contributed by atoms with E-state index in [0.29, 0.717) is 11.5 Å². The van der Waals surface area contributed by atoms with Crippen molar-refractivity contribution < 1.29 is 4.79 Å². The van der Waals surface area contributed by atoms with Gasteiger partial charge in [-0.2, -0.15) is 5.10 Å². The first-order valence-electron chi connectivity index (χ1n) is 7.25. The van der Waals surface area contributed by atoms with Crippen LogP contribution in [0.5, 0.6) is 0 Å². The SMILES string of the molecule is CC(C)c1ccc(C(=O)NC2(c3ncn[nH]3)CCC2)cn1. The Morgan fingerprint density at radius 3 is 2.62 bits per heavy atom. The van der Waals surface area contributed by atoms with Gasteiger partial charge in [0, 0.05) is 11.9 Å². The number of aromatic amines is 1. The van der Waals surface area contributed by atoms with Crippen molar-refractivity contribution in [3.8, 4) is 0 Å². The van der Waals surface area contributed by atoms with E-state index >= 15 is 0 Å². The molecule has 2 heterocycles. The summed E-state index contributed by atoms with van der Waals surface area (Å²) in [5, 5.41) is 9.84. The Balaban J connectivity index is 1.76. The van der Waals surface area contributed by atoms with Crippen LogP contribution in [-0.4, -0.2) is 26.1 Å². The van der Waals surface area contributed by atoms with Gasteiger partial charge in [0.1, 0.15) is 12.2 Å². The zero-order valence-corrected chi connectivity index (χ0v) is 12.3. The highest BCUT2D eigenvalue weighted by Gasteiger charge is 2.42. The van der Waals surface area contributed by atoms with Crippen LogP contribution in [0.2, 0.25) is 0 Å². The van der Waals surface area contributed by atoms with E-state index in [1.54, 1.807) is 6.20 Å². The van der Waals surface area contributed by atoms with Gasteiger partial charge in [0.05, 0.1) is 11.1 Å². The number of hydrogen-bond acceptors (Lipinski definition) is 4. The van der Waals surface area contributed by atoms with Crippen LogP contribution < -0.4 is 5.32 Å². The molecule has 21 heavy (non-hydrogen) atoms. The van der Waals surface area contributed by atoms with Crippen molar-refractivity contribution in [2.24, 2.45) is 0 Å². The summed E-state index contributed by atoms with van der Waals surface area (Å²) in [4.78, 5) is 21.0. The predicted octanol–water partition coefficient (Wildman–Crippen LogP) is 2.13. The van der Waals surface area contributed by atoms with Gasteiger partial charge < -0.3 is 5.32 Å². The highest BCUT2D eigenvalue weighted by Crippen LogP contribution is 2.39. The summed E-state index contributed by atoms with van der Waals surface area (Å²) in [5.41, 5.74) is 1.16. The van der Waals surface area contributed by atoms with Gasteiger partial charge in [0.15, 0.2) is 0 Å². The smallest absolute Gasteiger partial charge is 0.253 e. The lowest BCUT2D eigenvalue weighted by atomic mass is 9.76. The van der Waals surface area contributed by atoms with Crippen LogP contribution in [0.1, 0.15) is 60.9 Å². The number of hydrogen-bond donors (Lipinski definition) is 2. The molecule has 0 radical (unpaired) electrons. The van der Waals surface area contributed by atoms with Crippen molar-refractivity contribution in [3.63, 3.8) is 0 Å². The summed E-state index contributed by atoms with van der Waals surface area (Å²) in [6.45, 7) is 4.16. The predicted molar refractivity (Wildman–Crippen MR) is 77.7 cm³/mol. The van der Waals surface area contributed by atoms with E-state index in [1.807, 2.05) is 12.1 Å². The molecule has 2 aromatic heterocycles. The minimum atomic E-state index is -0.399. The Bertz CT molecular complexity index is 614. The maximum atomic E-state index is 12.4. The number of carbonyl (C=O) groups is 1. The third kappa shape index (κ3) is 2.53. The molecule has 6 nitrogen and oxygen atoms in total. The number of aromatic nitrogens is 4. The number of H-pyrrole nitrogens is 1. The quantitative estimate of drug-likeness (QED) is 0.901. The van der Waals surface area contributed by atoms with Gasteiger partial charge >= 0.3 is 0 Å². The number of carbonyl (C=O) groups excluding carboxylic acids is 1. The van der Waals surface area contributed by atoms with Gasteiger partial charge in [-0.05, 0) is 37.3 Å². The molecule has 0 bridgehead atoms. The van der Waals surface area contributed by atoms with Crippen molar-refractivity contribution in [2.75, 3.05) is 0 Å². The summed E-state index contributed by atoms with van der Waals surface area (Å²) in [5.74, 6) is 0.969. The fourth-order valence-corrected chi connectivity index (χ4v) is 2.56. The zero-order chi connectivity index (χ0) is 14.9. The van der Waals surface area contributed by atoms with E-state index in [0.717, 1.165) is 30.8 Å². The molecular weight excluding hydrogens is 266 g/mol. The summed E-state index contributed by atoms with van der Waals surface area (Å²) < 4.78 is 0. The summed E-state index contributed by atoms with van der Waals surface area (Å²) in [6.07, 6.45) is 5.94. The average molecular weight is 285 g/mol. The van der Waals surface area contributed by atoms with Crippen LogP contribution in [-0.2, 0) is 5.54 Å². The summed E-state index contributed by atoms with van der Waals surface area (Å²) in [6, 6.07) is 3.73. The normalized spacial score (nSPS) is 16.5. The van der Waals surface area contributed by atoms with E-state index in [4.69, 9.17) is 0 Å². The molecule has 1 fully saturated rings. The molecule has 1 aliphatic rings. The molecule has 1 aliphatic carbocycles. The van der Waals surface area contributed by atoms with Crippen LogP contribution in [0.25, 0.3) is 0 Å². The van der Waals surface area contributed by atoms with Crippen LogP contribution in [0.4, 0.5) is 0 Å². The molecule has 0 spiro atoms. The van der Waals surface area contributed by atoms with Gasteiger partial charge in [-0.25, -0.2) is 4.98 Å². The topological polar surface area (TPSA) is 83.6 Å². The molecule has 0 atom stereocenters. The van der Waals surface area contributed by atoms with Crippen LogP contribution in [0.15, 0.2) is 24.7 Å². The Morgan fingerprint density at radius 2 is 2.14 bits per heavy atom. The number of nitrogens with one attached hydrogen (secondary N) is 2. The van der Waals surface area contributed by atoms with E-state index in [1.165, 1.54) is 6.33 Å². The molecule has 3 rings (SSSR count). The second-order valence-electron chi connectivity index (χ2n) is 5.85. The van der Waals surface area contributed by atoms with Crippen molar-refractivity contribution in [1.29, 1.82) is 0 Å². The summed E-state index contributed by atoms with van der Waals surface area (Å²) >= 11 is 0. The van der Waals surface area contributed by atoms with Crippen LogP contribution in [0, 0.1) is 0 Å². The number of amides is 1. The molecule has 1 amide bonds. The molecule has 6 heteroatoms. The molecule has 110 valence electrons. The molecule has 2 aromatic rings. The second kappa shape index (κ2) is 5.27. The fraction of sp³-hybridized carbons (Fsp3) is 0.467. The zero-order valence-electron chi connectivity index (χ0n) is 12.3. The summed E-state index contributed by atoms with van der Waals surface area (Å²) in [7, 11) is 0. The van der Waals surface area contributed by atoms with Crippen molar-refractivity contribution in [2.45, 2.75) is 44.6 Å². The third-order valence-corrected chi connectivity index (χ3v) is 4.07. The van der Waals surface area contributed by atoms with Gasteiger partial charge in [0.2, 0.25) is 0 Å². The average Bonchev–Trinajstić information content (AvgIpc) is 2.97. The molecule has 0 saturated heterocycles. The first-order chi connectivity index (χ1) is 10.1. The van der Waals surface area contributed by atoms with Crippen molar-refractivity contribution in [3.05, 3.63) is 41.7 Å². The van der Waals surface area contributed by atoms with E-state index in [9.17, 15) is 4.79 Å². The lowest BCUT2D eigenvalue weighted by molar-refractivity contribution is 0.0809. The lowest BCUT2D eigenvalue weighted by Gasteiger charge is -2.40. The van der Waals surface area contributed by atoms with Gasteiger partial charge in [-0.15, -0.1) is 0 Å². The Labute approximate surface area is 123 Å². The molecular formula is C15H19N5O. The molecule has 0 unspecified atom stereocenters. The highest BCUT2D eigenvalue weighted by molar-refractivity contribution is 5.94. The Morgan fingerprint density at radius 1 is 1.33 bits per heavy atom. The standard InChI is InChI=1S/C15H19N5O/c1-10(2)12-5-4-11(8-16-12)13(21)19-15(6-3-7-15)14-17-9-18-20-14/h4-5,8-10H,3,6-7H2,1-2H3,(H,19,21)(H,17,18,20). The molecule has 2 N–H and O–H groups in total. The fourth-order valence-electron chi connectivity index (χ4n) is 2.56. The van der Waals surface area contributed by atoms with E-state index < -0.39 is 5.54 Å². The number of nitrogens with zero attached hydrogens (tertiary/aromatic N) is 3. The van der Waals surface area contributed by atoms with E-state index in [2.05, 4.69) is 39.3 Å². The first-order valence-corrected chi connectivity index (χ1v) is 7.25. The Kier molecular flexibility index (Phi) is 3.45. The maximum absolute atomic E-state index is 12.4. The second-order valence-corrected chi connectivity index (χ2v) is 5.85. The van der Waals surface area contributed by atoms with E-state index in [-0.39, 0.29) is 5.91 Å². The molecule has 1 saturated carbocycles. The van der Waals surface area contributed by atoms with Gasteiger partial charge in [-0.1, -0.05) is 13.8 Å². The molecule has 0 aliphatic heterocycles. The Hall–Kier alpha value is -2.24. The maximum Gasteiger partial charge on any atom is 0.253 e. The minimum Gasteiger partial charge on any atom is -0.339 e. The number of rotatable bonds is 4. The van der Waals surface area contributed by atoms with Crippen LogP contribution >= 0.6 is 0 Å². The monoisotopic (exact) mass is 285 g/mol. The first kappa shape index (κ1) is 13.7. The third-order valence-electron chi connectivity index (χ3n) is 4.07. The lowest BCUT2D eigenvalue weighted by Crippen LogP contribution is -2.51. The van der Waals surface area contributed by atoms with Crippen LogP contribution in [0.3, 0.4) is 0 Å². The minimum absolute atomic E-state index is 0.117.